The first kappa shape index (κ1) is 17.2. The van der Waals surface area contributed by atoms with E-state index in [1.54, 1.807) is 0 Å². The normalized spacial score (nSPS) is 13.5. The lowest BCUT2D eigenvalue weighted by atomic mass is 9.36. The van der Waals surface area contributed by atoms with E-state index < -0.39 is 0 Å². The van der Waals surface area contributed by atoms with Gasteiger partial charge in [-0.3, -0.25) is 0 Å². The number of para-hydroxylation sites is 1. The van der Waals surface area contributed by atoms with Gasteiger partial charge in [0.25, 0.3) is 6.71 Å². The maximum atomic E-state index is 3.80. The zero-order chi connectivity index (χ0) is 20.5. The number of rotatable bonds is 1. The van der Waals surface area contributed by atoms with E-state index in [0.29, 0.717) is 0 Å². The Hall–Kier alpha value is -3.50. The number of benzene rings is 4. The Bertz CT molecular complexity index is 1500. The van der Waals surface area contributed by atoms with Crippen LogP contribution in [0.3, 0.4) is 0 Å². The van der Waals surface area contributed by atoms with Crippen LogP contribution >= 0.6 is 11.3 Å². The minimum Gasteiger partial charge on any atom is -0.355 e. The third kappa shape index (κ3) is 2.34. The molecule has 0 spiro atoms. The quantitative estimate of drug-likeness (QED) is 0.354. The minimum atomic E-state index is 0.247. The van der Waals surface area contributed by atoms with Crippen LogP contribution in [0.2, 0.25) is 0 Å². The summed E-state index contributed by atoms with van der Waals surface area (Å²) in [5.74, 6) is 0. The summed E-state index contributed by atoms with van der Waals surface area (Å²) in [6.07, 6.45) is 0. The Morgan fingerprint density at radius 3 is 2.55 bits per heavy atom. The molecule has 0 unspecified atom stereocenters. The number of thiophene rings is 1. The number of hydrogen-bond acceptors (Lipinski definition) is 3. The summed E-state index contributed by atoms with van der Waals surface area (Å²) in [7, 11) is 0. The number of hydrogen-bond donors (Lipinski definition) is 1. The van der Waals surface area contributed by atoms with Gasteiger partial charge in [0.2, 0.25) is 0 Å². The predicted molar refractivity (Wildman–Crippen MR) is 136 cm³/mol. The molecule has 0 radical (unpaired) electrons. The average molecular weight is 414 g/mol. The summed E-state index contributed by atoms with van der Waals surface area (Å²) in [6, 6.07) is 33.1. The first-order chi connectivity index (χ1) is 15.3. The van der Waals surface area contributed by atoms with Crippen molar-refractivity contribution >= 4 is 72.3 Å². The Kier molecular flexibility index (Phi) is 3.47. The third-order valence-corrected chi connectivity index (χ3v) is 7.74. The zero-order valence-corrected chi connectivity index (χ0v) is 17.9. The standard InChI is InChI=1S/C27H19BN2S/c1-17-8-6-9-18(16-17)30-22-13-4-3-11-20(22)28-25-21(12-7-14-23(25)30)29-26-19-10-2-5-15-24(19)31-27(26)28/h2-16,29H,1H3. The first-order valence-corrected chi connectivity index (χ1v) is 11.5. The van der Waals surface area contributed by atoms with Gasteiger partial charge in [0.1, 0.15) is 0 Å². The topological polar surface area (TPSA) is 15.3 Å². The van der Waals surface area contributed by atoms with Gasteiger partial charge in [-0.25, -0.2) is 0 Å². The zero-order valence-electron chi connectivity index (χ0n) is 17.1. The van der Waals surface area contributed by atoms with Crippen molar-refractivity contribution in [2.24, 2.45) is 0 Å². The lowest BCUT2D eigenvalue weighted by Crippen LogP contribution is -2.59. The van der Waals surface area contributed by atoms with Crippen LogP contribution in [0, 0.1) is 6.92 Å². The summed E-state index contributed by atoms with van der Waals surface area (Å²) in [6.45, 7) is 2.41. The monoisotopic (exact) mass is 414 g/mol. The molecule has 2 nitrogen and oxygen atoms in total. The molecular weight excluding hydrogens is 395 g/mol. The van der Waals surface area contributed by atoms with E-state index in [9.17, 15) is 0 Å². The van der Waals surface area contributed by atoms with Crippen molar-refractivity contribution in [3.8, 4) is 0 Å². The molecule has 0 amide bonds. The van der Waals surface area contributed by atoms with Gasteiger partial charge in [-0.15, -0.1) is 11.3 Å². The van der Waals surface area contributed by atoms with Crippen molar-refractivity contribution in [2.75, 3.05) is 10.2 Å². The molecule has 2 aliphatic rings. The van der Waals surface area contributed by atoms with Crippen LogP contribution in [-0.2, 0) is 0 Å². The SMILES string of the molecule is Cc1cccc(N2c3ccccc3B3c4sc5ccccc5c4Nc4cccc2c43)c1. The molecule has 0 aliphatic carbocycles. The second-order valence-corrected chi connectivity index (χ2v) is 9.45. The number of anilines is 5. The molecule has 7 rings (SSSR count). The maximum absolute atomic E-state index is 3.80. The molecule has 2 aliphatic heterocycles. The third-order valence-electron chi connectivity index (χ3n) is 6.51. The predicted octanol–water partition coefficient (Wildman–Crippen LogP) is 5.57. The van der Waals surface area contributed by atoms with Crippen LogP contribution in [0.1, 0.15) is 5.56 Å². The van der Waals surface area contributed by atoms with Crippen LogP contribution in [0.4, 0.5) is 28.4 Å². The molecule has 4 aromatic carbocycles. The minimum absolute atomic E-state index is 0.247. The Labute approximate surface area is 185 Å². The van der Waals surface area contributed by atoms with E-state index in [4.69, 9.17) is 0 Å². The van der Waals surface area contributed by atoms with E-state index >= 15 is 0 Å². The van der Waals surface area contributed by atoms with Gasteiger partial charge < -0.3 is 10.2 Å². The molecule has 0 saturated carbocycles. The maximum Gasteiger partial charge on any atom is 0.264 e. The van der Waals surface area contributed by atoms with Gasteiger partial charge in [0, 0.05) is 37.6 Å². The summed E-state index contributed by atoms with van der Waals surface area (Å²) in [4.78, 5) is 2.43. The van der Waals surface area contributed by atoms with Crippen molar-refractivity contribution in [1.82, 2.24) is 0 Å². The lowest BCUT2D eigenvalue weighted by Gasteiger charge is -2.39. The van der Waals surface area contributed by atoms with Gasteiger partial charge in [-0.2, -0.15) is 0 Å². The number of fused-ring (bicyclic) bond motifs is 6. The molecule has 31 heavy (non-hydrogen) atoms. The van der Waals surface area contributed by atoms with E-state index in [0.717, 1.165) is 0 Å². The van der Waals surface area contributed by atoms with E-state index in [1.807, 2.05) is 11.3 Å². The molecule has 3 heterocycles. The molecule has 0 atom stereocenters. The molecular formula is C27H19BN2S. The van der Waals surface area contributed by atoms with Gasteiger partial charge in [0.05, 0.1) is 5.69 Å². The molecule has 0 saturated heterocycles. The van der Waals surface area contributed by atoms with Crippen molar-refractivity contribution in [1.29, 1.82) is 0 Å². The molecule has 1 N–H and O–H groups in total. The average Bonchev–Trinajstić information content (AvgIpc) is 3.17. The van der Waals surface area contributed by atoms with Gasteiger partial charge >= 0.3 is 0 Å². The van der Waals surface area contributed by atoms with E-state index in [2.05, 4.69) is 108 Å². The summed E-state index contributed by atoms with van der Waals surface area (Å²) in [5, 5.41) is 5.12. The van der Waals surface area contributed by atoms with Crippen molar-refractivity contribution in [3.05, 3.63) is 96.6 Å². The lowest BCUT2D eigenvalue weighted by molar-refractivity contribution is 1.28. The summed E-state index contributed by atoms with van der Waals surface area (Å²) in [5.41, 5.74) is 10.3. The second-order valence-electron chi connectivity index (χ2n) is 8.37. The summed E-state index contributed by atoms with van der Waals surface area (Å²) >= 11 is 1.92. The smallest absolute Gasteiger partial charge is 0.264 e. The Balaban J connectivity index is 1.56. The fourth-order valence-electron chi connectivity index (χ4n) is 5.23. The van der Waals surface area contributed by atoms with Crippen molar-refractivity contribution < 1.29 is 0 Å². The van der Waals surface area contributed by atoms with Crippen LogP contribution in [-0.4, -0.2) is 6.71 Å². The van der Waals surface area contributed by atoms with Gasteiger partial charge in [0.15, 0.2) is 0 Å². The Morgan fingerprint density at radius 2 is 1.61 bits per heavy atom. The van der Waals surface area contributed by atoms with E-state index in [1.165, 1.54) is 59.8 Å². The van der Waals surface area contributed by atoms with Crippen LogP contribution < -0.4 is 25.9 Å². The fraction of sp³-hybridized carbons (Fsp3) is 0.0370. The van der Waals surface area contributed by atoms with Crippen molar-refractivity contribution in [2.45, 2.75) is 6.92 Å². The highest BCUT2D eigenvalue weighted by atomic mass is 32.1. The molecule has 5 aromatic rings. The fourth-order valence-corrected chi connectivity index (χ4v) is 6.52. The number of nitrogens with zero attached hydrogens (tertiary/aromatic N) is 1. The first-order valence-electron chi connectivity index (χ1n) is 10.7. The Morgan fingerprint density at radius 1 is 0.806 bits per heavy atom. The number of nitrogens with one attached hydrogen (secondary N) is 1. The molecule has 4 heteroatoms. The molecule has 146 valence electrons. The largest absolute Gasteiger partial charge is 0.355 e. The van der Waals surface area contributed by atoms with Crippen LogP contribution in [0.5, 0.6) is 0 Å². The summed E-state index contributed by atoms with van der Waals surface area (Å²) < 4.78 is 2.76. The molecule has 1 aromatic heterocycles. The van der Waals surface area contributed by atoms with Gasteiger partial charge in [-0.05, 0) is 59.8 Å². The highest BCUT2D eigenvalue weighted by Crippen LogP contribution is 2.41. The highest BCUT2D eigenvalue weighted by Gasteiger charge is 2.41. The van der Waals surface area contributed by atoms with Crippen molar-refractivity contribution in [3.63, 3.8) is 0 Å². The van der Waals surface area contributed by atoms with Crippen LogP contribution in [0.15, 0.2) is 91.0 Å². The highest BCUT2D eigenvalue weighted by molar-refractivity contribution is 7.33. The van der Waals surface area contributed by atoms with Gasteiger partial charge in [-0.1, -0.05) is 54.6 Å². The van der Waals surface area contributed by atoms with Crippen LogP contribution in [0.25, 0.3) is 10.1 Å². The molecule has 0 fully saturated rings. The van der Waals surface area contributed by atoms with E-state index in [-0.39, 0.29) is 6.71 Å². The molecule has 0 bridgehead atoms. The second kappa shape index (κ2) is 6.25. The number of aryl methyl sites for hydroxylation is 1.